The van der Waals surface area contributed by atoms with E-state index in [-0.39, 0.29) is 5.91 Å². The molecule has 2 heterocycles. The minimum Gasteiger partial charge on any atom is -0.307 e. The van der Waals surface area contributed by atoms with Crippen LogP contribution in [0, 0.1) is 6.92 Å². The van der Waals surface area contributed by atoms with Gasteiger partial charge in [0.05, 0.1) is 24.6 Å². The van der Waals surface area contributed by atoms with Crippen LogP contribution in [0.25, 0.3) is 0 Å². The van der Waals surface area contributed by atoms with E-state index < -0.39 is 0 Å². The third-order valence-electron chi connectivity index (χ3n) is 2.13. The number of carbonyl (C=O) groups excluding carboxylic acids is 1. The van der Waals surface area contributed by atoms with Gasteiger partial charge in [-0.15, -0.1) is 0 Å². The van der Waals surface area contributed by atoms with E-state index in [1.54, 1.807) is 17.3 Å². The summed E-state index contributed by atoms with van der Waals surface area (Å²) in [5.41, 5.74) is 0.858. The second-order valence-corrected chi connectivity index (χ2v) is 3.24. The molecular formula is C9H12N4O. The lowest BCUT2D eigenvalue weighted by Crippen LogP contribution is -2.48. The van der Waals surface area contributed by atoms with E-state index in [1.165, 1.54) is 0 Å². The molecule has 1 aliphatic heterocycles. The lowest BCUT2D eigenvalue weighted by atomic mass is 10.3. The number of hydrogen-bond acceptors (Lipinski definition) is 4. The van der Waals surface area contributed by atoms with Crippen LogP contribution in [-0.4, -0.2) is 35.5 Å². The Morgan fingerprint density at radius 2 is 2.29 bits per heavy atom. The fourth-order valence-electron chi connectivity index (χ4n) is 1.37. The van der Waals surface area contributed by atoms with Gasteiger partial charge < -0.3 is 5.32 Å². The van der Waals surface area contributed by atoms with Crippen molar-refractivity contribution in [2.24, 2.45) is 0 Å². The van der Waals surface area contributed by atoms with Gasteiger partial charge in [0.15, 0.2) is 5.82 Å². The first kappa shape index (κ1) is 9.08. The average molecular weight is 192 g/mol. The van der Waals surface area contributed by atoms with E-state index in [9.17, 15) is 4.79 Å². The molecule has 5 heteroatoms. The van der Waals surface area contributed by atoms with Crippen molar-refractivity contribution in [1.82, 2.24) is 15.3 Å². The molecule has 1 saturated heterocycles. The van der Waals surface area contributed by atoms with Gasteiger partial charge in [-0.05, 0) is 6.92 Å². The third kappa shape index (κ3) is 1.72. The molecule has 74 valence electrons. The number of nitrogens with zero attached hydrogens (tertiary/aromatic N) is 3. The Morgan fingerprint density at radius 1 is 1.43 bits per heavy atom. The summed E-state index contributed by atoms with van der Waals surface area (Å²) in [6.07, 6.45) is 3.31. The number of aromatic nitrogens is 2. The summed E-state index contributed by atoms with van der Waals surface area (Å²) < 4.78 is 0. The predicted octanol–water partition coefficient (Wildman–Crippen LogP) is -0.279. The summed E-state index contributed by atoms with van der Waals surface area (Å²) in [6.45, 7) is 3.73. The number of aryl methyl sites for hydroxylation is 1. The molecule has 0 radical (unpaired) electrons. The van der Waals surface area contributed by atoms with E-state index in [4.69, 9.17) is 0 Å². The second kappa shape index (κ2) is 3.71. The van der Waals surface area contributed by atoms with E-state index in [1.807, 2.05) is 6.92 Å². The zero-order valence-electron chi connectivity index (χ0n) is 8.03. The monoisotopic (exact) mass is 192 g/mol. The predicted molar refractivity (Wildman–Crippen MR) is 52.0 cm³/mol. The van der Waals surface area contributed by atoms with Gasteiger partial charge in [-0.3, -0.25) is 14.7 Å². The van der Waals surface area contributed by atoms with Crippen LogP contribution in [0.1, 0.15) is 5.69 Å². The Morgan fingerprint density at radius 3 is 2.93 bits per heavy atom. The number of hydrogen-bond donors (Lipinski definition) is 1. The molecule has 1 aromatic rings. The summed E-state index contributed by atoms with van der Waals surface area (Å²) >= 11 is 0. The zero-order chi connectivity index (χ0) is 9.97. The van der Waals surface area contributed by atoms with Gasteiger partial charge in [-0.1, -0.05) is 0 Å². The lowest BCUT2D eigenvalue weighted by Gasteiger charge is -2.25. The number of rotatable bonds is 1. The minimum absolute atomic E-state index is 0.0504. The highest BCUT2D eigenvalue weighted by Crippen LogP contribution is 2.09. The van der Waals surface area contributed by atoms with Gasteiger partial charge in [0.25, 0.3) is 0 Å². The maximum absolute atomic E-state index is 11.5. The topological polar surface area (TPSA) is 58.1 Å². The van der Waals surface area contributed by atoms with Gasteiger partial charge in [0.1, 0.15) is 0 Å². The first-order chi connectivity index (χ1) is 6.77. The highest BCUT2D eigenvalue weighted by molar-refractivity contribution is 5.94. The standard InChI is InChI=1S/C9H12N4O/c1-7-4-12-8(5-11-7)13-3-2-10-6-9(13)14/h4-5,10H,2-3,6H2,1H3. The van der Waals surface area contributed by atoms with Gasteiger partial charge >= 0.3 is 0 Å². The van der Waals surface area contributed by atoms with Crippen LogP contribution >= 0.6 is 0 Å². The number of nitrogens with one attached hydrogen (secondary N) is 1. The Hall–Kier alpha value is -1.49. The number of anilines is 1. The molecule has 0 aliphatic carbocycles. The Balaban J connectivity index is 2.20. The van der Waals surface area contributed by atoms with Gasteiger partial charge in [-0.2, -0.15) is 0 Å². The maximum Gasteiger partial charge on any atom is 0.242 e. The highest BCUT2D eigenvalue weighted by atomic mass is 16.2. The normalized spacial score (nSPS) is 17.2. The molecule has 5 nitrogen and oxygen atoms in total. The molecule has 1 amide bonds. The molecular weight excluding hydrogens is 180 g/mol. The van der Waals surface area contributed by atoms with Crippen LogP contribution in [0.3, 0.4) is 0 Å². The van der Waals surface area contributed by atoms with E-state index in [0.717, 1.165) is 12.2 Å². The molecule has 2 rings (SSSR count). The molecule has 1 aliphatic rings. The van der Waals surface area contributed by atoms with Crippen molar-refractivity contribution in [1.29, 1.82) is 0 Å². The minimum atomic E-state index is 0.0504. The summed E-state index contributed by atoms with van der Waals surface area (Å²) in [4.78, 5) is 21.4. The van der Waals surface area contributed by atoms with Crippen LogP contribution < -0.4 is 10.2 Å². The SMILES string of the molecule is Cc1cnc(N2CCNCC2=O)cn1. The van der Waals surface area contributed by atoms with Crippen molar-refractivity contribution in [3.05, 3.63) is 18.1 Å². The average Bonchev–Trinajstić information content (AvgIpc) is 2.20. The zero-order valence-corrected chi connectivity index (χ0v) is 8.03. The van der Waals surface area contributed by atoms with E-state index >= 15 is 0 Å². The van der Waals surface area contributed by atoms with Crippen molar-refractivity contribution < 1.29 is 4.79 Å². The molecule has 0 unspecified atom stereocenters. The largest absolute Gasteiger partial charge is 0.307 e. The van der Waals surface area contributed by atoms with Crippen molar-refractivity contribution in [2.45, 2.75) is 6.92 Å². The van der Waals surface area contributed by atoms with Gasteiger partial charge in [0, 0.05) is 13.1 Å². The highest BCUT2D eigenvalue weighted by Gasteiger charge is 2.19. The maximum atomic E-state index is 11.5. The van der Waals surface area contributed by atoms with Crippen LogP contribution in [0.4, 0.5) is 5.82 Å². The van der Waals surface area contributed by atoms with Crippen LogP contribution in [0.5, 0.6) is 0 Å². The number of amides is 1. The van der Waals surface area contributed by atoms with Gasteiger partial charge in [0.2, 0.25) is 5.91 Å². The molecule has 14 heavy (non-hydrogen) atoms. The van der Waals surface area contributed by atoms with Crippen LogP contribution in [-0.2, 0) is 4.79 Å². The smallest absolute Gasteiger partial charge is 0.242 e. The Labute approximate surface area is 82.2 Å². The number of piperazine rings is 1. The molecule has 0 saturated carbocycles. The van der Waals surface area contributed by atoms with E-state index in [0.29, 0.717) is 18.9 Å². The van der Waals surface area contributed by atoms with E-state index in [2.05, 4.69) is 15.3 Å². The first-order valence-corrected chi connectivity index (χ1v) is 4.57. The molecule has 1 aromatic heterocycles. The van der Waals surface area contributed by atoms with Crippen LogP contribution in [0.2, 0.25) is 0 Å². The lowest BCUT2D eigenvalue weighted by molar-refractivity contribution is -0.118. The third-order valence-corrected chi connectivity index (χ3v) is 2.13. The summed E-state index contributed by atoms with van der Waals surface area (Å²) in [5, 5.41) is 3.01. The van der Waals surface area contributed by atoms with Crippen molar-refractivity contribution in [2.75, 3.05) is 24.5 Å². The fraction of sp³-hybridized carbons (Fsp3) is 0.444. The Bertz CT molecular complexity index is 335. The fourth-order valence-corrected chi connectivity index (χ4v) is 1.37. The summed E-state index contributed by atoms with van der Waals surface area (Å²) in [5.74, 6) is 0.691. The molecule has 0 spiro atoms. The Kier molecular flexibility index (Phi) is 2.41. The summed E-state index contributed by atoms with van der Waals surface area (Å²) in [7, 11) is 0. The molecule has 1 N–H and O–H groups in total. The van der Waals surface area contributed by atoms with Crippen LogP contribution in [0.15, 0.2) is 12.4 Å². The number of carbonyl (C=O) groups is 1. The summed E-state index contributed by atoms with van der Waals surface area (Å²) in [6, 6.07) is 0. The quantitative estimate of drug-likeness (QED) is 0.665. The molecule has 0 aromatic carbocycles. The van der Waals surface area contributed by atoms with Gasteiger partial charge in [-0.25, -0.2) is 4.98 Å². The van der Waals surface area contributed by atoms with Crippen molar-refractivity contribution in [3.8, 4) is 0 Å². The molecule has 1 fully saturated rings. The molecule has 0 bridgehead atoms. The molecule has 0 atom stereocenters. The van der Waals surface area contributed by atoms with Crippen molar-refractivity contribution >= 4 is 11.7 Å². The van der Waals surface area contributed by atoms with Crippen molar-refractivity contribution in [3.63, 3.8) is 0 Å². The first-order valence-electron chi connectivity index (χ1n) is 4.57. The second-order valence-electron chi connectivity index (χ2n) is 3.24.